The minimum Gasteiger partial charge on any atom is -0.344 e. The lowest BCUT2D eigenvalue weighted by atomic mass is 10.1. The van der Waals surface area contributed by atoms with Crippen LogP contribution < -0.4 is 16.2 Å². The number of aromatic nitrogens is 6. The number of hydrogen-bond donors (Lipinski definition) is 2. The normalized spacial score (nSPS) is 11.6. The summed E-state index contributed by atoms with van der Waals surface area (Å²) in [5, 5.41) is 6.07. The van der Waals surface area contributed by atoms with Gasteiger partial charge in [0.2, 0.25) is 5.95 Å². The lowest BCUT2D eigenvalue weighted by molar-refractivity contribution is 0.0935. The van der Waals surface area contributed by atoms with Crippen molar-refractivity contribution in [3.63, 3.8) is 0 Å². The highest BCUT2D eigenvalue weighted by Gasteiger charge is 2.15. The number of nitrogens with one attached hydrogen (secondary N) is 2. The summed E-state index contributed by atoms with van der Waals surface area (Å²) in [6.07, 6.45) is 4.89. The molecule has 10 nitrogen and oxygen atoms in total. The van der Waals surface area contributed by atoms with E-state index < -0.39 is 5.95 Å². The van der Waals surface area contributed by atoms with E-state index in [1.165, 1.54) is 16.7 Å². The molecule has 0 aliphatic carbocycles. The molecule has 0 fully saturated rings. The number of pyridine rings is 4. The third-order valence-corrected chi connectivity index (χ3v) is 6.45. The third-order valence-electron chi connectivity index (χ3n) is 6.45. The Kier molecular flexibility index (Phi) is 7.59. The van der Waals surface area contributed by atoms with Crippen molar-refractivity contribution in [1.29, 1.82) is 0 Å². The van der Waals surface area contributed by atoms with Crippen LogP contribution in [0.25, 0.3) is 22.6 Å². The van der Waals surface area contributed by atoms with Crippen LogP contribution in [0.3, 0.4) is 0 Å². The minimum absolute atomic E-state index is 0.140. The number of nitrogens with zero attached hydrogens (tertiary/aromatic N) is 6. The molecule has 5 aromatic rings. The third kappa shape index (κ3) is 6.30. The number of halogens is 1. The van der Waals surface area contributed by atoms with Gasteiger partial charge in [0.25, 0.3) is 11.5 Å². The van der Waals surface area contributed by atoms with Crippen LogP contribution in [0, 0.1) is 19.8 Å². The van der Waals surface area contributed by atoms with Crippen molar-refractivity contribution < 1.29 is 9.18 Å². The van der Waals surface area contributed by atoms with E-state index in [2.05, 4.69) is 35.6 Å². The second-order valence-electron chi connectivity index (χ2n) is 9.58. The fraction of sp³-hybridized carbons (Fsp3) is 0.167. The Morgan fingerprint density at radius 2 is 1.78 bits per heavy atom. The maximum Gasteiger partial charge on any atom is 0.270 e. The number of carbonyl (C=O) groups is 1. The lowest BCUT2D eigenvalue weighted by Crippen LogP contribution is -2.27. The van der Waals surface area contributed by atoms with Crippen molar-refractivity contribution in [3.8, 4) is 22.6 Å². The summed E-state index contributed by atoms with van der Waals surface area (Å²) in [5.41, 5.74) is 4.83. The highest BCUT2D eigenvalue weighted by atomic mass is 19.1. The van der Waals surface area contributed by atoms with Gasteiger partial charge < -0.3 is 15.2 Å². The summed E-state index contributed by atoms with van der Waals surface area (Å²) in [6.45, 7) is 5.42. The topological polar surface area (TPSA) is 128 Å². The van der Waals surface area contributed by atoms with E-state index in [1.807, 2.05) is 26.0 Å². The lowest BCUT2D eigenvalue weighted by Gasteiger charge is -2.14. The molecule has 0 spiro atoms. The monoisotopic (exact) mass is 550 g/mol. The van der Waals surface area contributed by atoms with Crippen LogP contribution in [0.15, 0.2) is 78.0 Å². The first-order valence-corrected chi connectivity index (χ1v) is 12.8. The summed E-state index contributed by atoms with van der Waals surface area (Å²) in [7, 11) is 1.68. The number of amides is 1. The molecule has 11 heteroatoms. The zero-order valence-corrected chi connectivity index (χ0v) is 22.9. The van der Waals surface area contributed by atoms with Crippen LogP contribution in [0.5, 0.6) is 0 Å². The molecule has 0 saturated carbocycles. The van der Waals surface area contributed by atoms with Gasteiger partial charge in [-0.1, -0.05) is 6.07 Å². The van der Waals surface area contributed by atoms with Gasteiger partial charge in [0.15, 0.2) is 5.82 Å². The van der Waals surface area contributed by atoms with Gasteiger partial charge in [0.1, 0.15) is 11.5 Å². The van der Waals surface area contributed by atoms with E-state index in [0.29, 0.717) is 34.3 Å². The van der Waals surface area contributed by atoms with Gasteiger partial charge in [-0.3, -0.25) is 19.6 Å². The molecule has 0 saturated heterocycles. The first kappa shape index (κ1) is 27.3. The maximum absolute atomic E-state index is 13.3. The molecule has 1 atom stereocenters. The van der Waals surface area contributed by atoms with E-state index in [1.54, 1.807) is 62.9 Å². The summed E-state index contributed by atoms with van der Waals surface area (Å²) >= 11 is 0. The maximum atomic E-state index is 13.3. The molecule has 5 rings (SSSR count). The molecular formula is C30H27FN8O2. The van der Waals surface area contributed by atoms with Crippen LogP contribution in [0.1, 0.15) is 40.4 Å². The fourth-order valence-corrected chi connectivity index (χ4v) is 4.17. The highest BCUT2D eigenvalue weighted by Crippen LogP contribution is 2.23. The fourth-order valence-electron chi connectivity index (χ4n) is 4.17. The van der Waals surface area contributed by atoms with Crippen LogP contribution in [0.2, 0.25) is 0 Å². The smallest absolute Gasteiger partial charge is 0.270 e. The number of hydrogen-bond acceptors (Lipinski definition) is 8. The predicted octanol–water partition coefficient (Wildman–Crippen LogP) is 4.68. The molecule has 0 bridgehead atoms. The zero-order valence-electron chi connectivity index (χ0n) is 22.9. The number of anilines is 2. The second kappa shape index (κ2) is 11.4. The van der Waals surface area contributed by atoms with E-state index in [-0.39, 0.29) is 23.2 Å². The Labute approximate surface area is 235 Å². The molecule has 0 aliphatic heterocycles. The standard InChI is InChI=1S/C30H27FN8O2/c1-17-13-27(37-22-11-12-39(4)28(40)14-22)38-29(34-17)21-6-9-25(33-16-21)30(41)36-18(2)20-5-8-24(32-15-20)23-7-10-26(31)35-19(23)3/h5-16,18H,1-4H3,(H,36,41)(H,34,37,38). The van der Waals surface area contributed by atoms with E-state index in [9.17, 15) is 14.0 Å². The predicted molar refractivity (Wildman–Crippen MR) is 153 cm³/mol. The van der Waals surface area contributed by atoms with Crippen LogP contribution in [0.4, 0.5) is 15.9 Å². The van der Waals surface area contributed by atoms with Gasteiger partial charge in [0, 0.05) is 66.0 Å². The Morgan fingerprint density at radius 1 is 0.951 bits per heavy atom. The van der Waals surface area contributed by atoms with Gasteiger partial charge in [-0.2, -0.15) is 4.39 Å². The molecule has 206 valence electrons. The Bertz CT molecular complexity index is 1790. The zero-order chi connectivity index (χ0) is 29.1. The molecule has 41 heavy (non-hydrogen) atoms. The van der Waals surface area contributed by atoms with Crippen LogP contribution in [-0.4, -0.2) is 35.4 Å². The molecule has 5 aromatic heterocycles. The first-order chi connectivity index (χ1) is 19.7. The van der Waals surface area contributed by atoms with Gasteiger partial charge in [-0.15, -0.1) is 0 Å². The molecule has 1 unspecified atom stereocenters. The minimum atomic E-state index is -0.536. The van der Waals surface area contributed by atoms with Gasteiger partial charge in [-0.05, 0) is 62.7 Å². The number of carbonyl (C=O) groups excluding carboxylic acids is 1. The van der Waals surface area contributed by atoms with Crippen molar-refractivity contribution in [3.05, 3.63) is 112 Å². The van der Waals surface area contributed by atoms with Crippen LogP contribution >= 0.6 is 0 Å². The molecule has 5 heterocycles. The van der Waals surface area contributed by atoms with Gasteiger partial charge in [-0.25, -0.2) is 15.0 Å². The molecule has 2 N–H and O–H groups in total. The second-order valence-corrected chi connectivity index (χ2v) is 9.58. The Morgan fingerprint density at radius 3 is 2.46 bits per heavy atom. The summed E-state index contributed by atoms with van der Waals surface area (Å²) in [4.78, 5) is 46.5. The number of aryl methyl sites for hydroxylation is 3. The van der Waals surface area contributed by atoms with E-state index >= 15 is 0 Å². The molecule has 0 aromatic carbocycles. The van der Waals surface area contributed by atoms with Crippen molar-refractivity contribution in [2.75, 3.05) is 5.32 Å². The van der Waals surface area contributed by atoms with Crippen molar-refractivity contribution in [1.82, 2.24) is 34.8 Å². The molecule has 0 radical (unpaired) electrons. The van der Waals surface area contributed by atoms with Gasteiger partial charge in [0.05, 0.1) is 11.7 Å². The average molecular weight is 551 g/mol. The number of rotatable bonds is 7. The molecular weight excluding hydrogens is 523 g/mol. The van der Waals surface area contributed by atoms with E-state index in [4.69, 9.17) is 0 Å². The Balaban J connectivity index is 1.26. The summed E-state index contributed by atoms with van der Waals surface area (Å²) < 4.78 is 14.8. The highest BCUT2D eigenvalue weighted by molar-refractivity contribution is 5.92. The Hall–Kier alpha value is -5.32. The summed E-state index contributed by atoms with van der Waals surface area (Å²) in [6, 6.07) is 14.7. The van der Waals surface area contributed by atoms with Gasteiger partial charge >= 0.3 is 0 Å². The van der Waals surface area contributed by atoms with Crippen molar-refractivity contribution in [2.45, 2.75) is 26.8 Å². The quantitative estimate of drug-likeness (QED) is 0.280. The van der Waals surface area contributed by atoms with E-state index in [0.717, 1.165) is 16.8 Å². The first-order valence-electron chi connectivity index (χ1n) is 12.8. The molecule has 1 amide bonds. The van der Waals surface area contributed by atoms with Crippen molar-refractivity contribution in [2.24, 2.45) is 7.05 Å². The van der Waals surface area contributed by atoms with Crippen molar-refractivity contribution >= 4 is 17.4 Å². The SMILES string of the molecule is Cc1cc(Nc2ccn(C)c(=O)c2)nc(-c2ccc(C(=O)NC(C)c3ccc(-c4ccc(F)nc4C)nc3)nc2)n1. The molecule has 0 aliphatic rings. The summed E-state index contributed by atoms with van der Waals surface area (Å²) in [5.74, 6) is 0.0833. The largest absolute Gasteiger partial charge is 0.344 e. The average Bonchev–Trinajstić information content (AvgIpc) is 2.95. The van der Waals surface area contributed by atoms with Crippen LogP contribution in [-0.2, 0) is 7.05 Å².